The molecule has 0 heterocycles. The molecular formula is C15H36FNO4P2S. The van der Waals surface area contributed by atoms with Crippen LogP contribution in [0.5, 0.6) is 0 Å². The zero-order chi connectivity index (χ0) is 19.6. The van der Waals surface area contributed by atoms with Crippen LogP contribution in [0.2, 0.25) is 0 Å². The first-order valence-electron chi connectivity index (χ1n) is 8.29. The molecule has 0 fully saturated rings. The van der Waals surface area contributed by atoms with Crippen molar-refractivity contribution in [3.05, 3.63) is 0 Å². The molecule has 0 aliphatic rings. The van der Waals surface area contributed by atoms with Gasteiger partial charge < -0.3 is 9.05 Å². The summed E-state index contributed by atoms with van der Waals surface area (Å²) < 4.78 is 43.5. The zero-order valence-electron chi connectivity index (χ0n) is 16.6. The topological polar surface area (TPSA) is 55.8 Å². The van der Waals surface area contributed by atoms with Crippen LogP contribution in [0.4, 0.5) is 4.20 Å². The third-order valence-corrected chi connectivity index (χ3v) is 7.40. The van der Waals surface area contributed by atoms with E-state index in [-0.39, 0.29) is 6.10 Å². The average Bonchev–Trinajstić information content (AvgIpc) is 2.30. The quantitative estimate of drug-likeness (QED) is 0.420. The van der Waals surface area contributed by atoms with Gasteiger partial charge in [-0.3, -0.25) is 14.0 Å². The molecule has 5 nitrogen and oxygen atoms in total. The number of hydrogen-bond donors (Lipinski definition) is 0. The van der Waals surface area contributed by atoms with Gasteiger partial charge in [-0.15, -0.1) is 0 Å². The highest BCUT2D eigenvalue weighted by molar-refractivity contribution is 8.56. The Bertz CT molecular complexity index is 408. The summed E-state index contributed by atoms with van der Waals surface area (Å²) in [4.78, 5) is 2.40. The van der Waals surface area contributed by atoms with Gasteiger partial charge in [0.2, 0.25) is 0 Å². The molecule has 2 atom stereocenters. The fourth-order valence-corrected chi connectivity index (χ4v) is 5.77. The first-order chi connectivity index (χ1) is 10.7. The van der Waals surface area contributed by atoms with Gasteiger partial charge in [0.1, 0.15) is 0 Å². The zero-order valence-corrected chi connectivity index (χ0v) is 19.2. The van der Waals surface area contributed by atoms with E-state index < -0.39 is 14.3 Å². The van der Waals surface area contributed by atoms with E-state index in [1.165, 1.54) is 11.4 Å². The molecule has 0 rings (SSSR count). The van der Waals surface area contributed by atoms with Gasteiger partial charge in [0.05, 0.1) is 12.7 Å². The molecule has 0 aliphatic heterocycles. The lowest BCUT2D eigenvalue weighted by atomic mass is 10.2. The lowest BCUT2D eigenvalue weighted by Gasteiger charge is -2.30. The van der Waals surface area contributed by atoms with Crippen LogP contribution in [0.25, 0.3) is 0 Å². The average molecular weight is 407 g/mol. The monoisotopic (exact) mass is 407 g/mol. The van der Waals surface area contributed by atoms with Crippen LogP contribution in [-0.2, 0) is 18.2 Å². The predicted octanol–water partition coefficient (Wildman–Crippen LogP) is 5.90. The van der Waals surface area contributed by atoms with Gasteiger partial charge in [-0.2, -0.15) is 4.20 Å². The van der Waals surface area contributed by atoms with Crippen molar-refractivity contribution in [2.45, 2.75) is 66.7 Å². The van der Waals surface area contributed by atoms with E-state index in [1.54, 1.807) is 20.5 Å². The second kappa shape index (κ2) is 12.9. The molecule has 0 amide bonds. The molecule has 0 aromatic carbocycles. The van der Waals surface area contributed by atoms with Crippen LogP contribution in [0.3, 0.4) is 0 Å². The highest BCUT2D eigenvalue weighted by Gasteiger charge is 2.18. The maximum Gasteiger partial charge on any atom is 0.364 e. The standard InChI is InChI=1S/C11H26NO2PS.C4H10FO2P/c1-7-14-15(6,13)16-9-8-12(10(2)3)11(4)5;1-4(2)7-8(3,5)6/h10-11H,7-9H2,1-6H3;4H,1-3H3. The van der Waals surface area contributed by atoms with Crippen molar-refractivity contribution in [3.63, 3.8) is 0 Å². The molecule has 0 aromatic rings. The van der Waals surface area contributed by atoms with Crippen molar-refractivity contribution in [1.82, 2.24) is 4.90 Å². The highest BCUT2D eigenvalue weighted by Crippen LogP contribution is 2.55. The van der Waals surface area contributed by atoms with Gasteiger partial charge in [0.25, 0.3) is 6.57 Å². The fourth-order valence-electron chi connectivity index (χ4n) is 2.07. The molecular weight excluding hydrogens is 371 g/mol. The first kappa shape index (κ1) is 26.8. The van der Waals surface area contributed by atoms with Crippen molar-refractivity contribution in [3.8, 4) is 0 Å². The highest BCUT2D eigenvalue weighted by atomic mass is 32.7. The Morgan fingerprint density at radius 2 is 1.50 bits per heavy atom. The largest absolute Gasteiger partial charge is 0.364 e. The van der Waals surface area contributed by atoms with E-state index >= 15 is 0 Å². The summed E-state index contributed by atoms with van der Waals surface area (Å²) in [7, 11) is -3.72. The fraction of sp³-hybridized carbons (Fsp3) is 1.00. The van der Waals surface area contributed by atoms with E-state index in [0.717, 1.165) is 19.0 Å². The number of halogens is 1. The molecule has 0 saturated carbocycles. The number of rotatable bonds is 10. The molecule has 0 aliphatic carbocycles. The van der Waals surface area contributed by atoms with E-state index in [0.29, 0.717) is 18.7 Å². The number of hydrogen-bond acceptors (Lipinski definition) is 6. The minimum Gasteiger partial charge on any atom is -0.322 e. The minimum absolute atomic E-state index is 0.296. The SMILES string of the molecule is CC(C)OP(C)(=O)F.CCOP(C)(=O)SCCN(C(C)C)C(C)C. The summed E-state index contributed by atoms with van der Waals surface area (Å²) in [5.74, 6) is 0.865. The van der Waals surface area contributed by atoms with Crippen LogP contribution in [0.15, 0.2) is 0 Å². The lowest BCUT2D eigenvalue weighted by molar-refractivity contribution is 0.187. The molecule has 0 aromatic heterocycles. The van der Waals surface area contributed by atoms with Gasteiger partial charge in [-0.25, -0.2) is 0 Å². The molecule has 24 heavy (non-hydrogen) atoms. The van der Waals surface area contributed by atoms with Crippen molar-refractivity contribution >= 4 is 25.6 Å². The second-order valence-corrected chi connectivity index (χ2v) is 13.3. The van der Waals surface area contributed by atoms with E-state index in [1.807, 2.05) is 6.92 Å². The molecule has 0 saturated heterocycles. The molecule has 0 N–H and O–H groups in total. The third kappa shape index (κ3) is 17.4. The van der Waals surface area contributed by atoms with Gasteiger partial charge in [0.15, 0.2) is 0 Å². The summed E-state index contributed by atoms with van der Waals surface area (Å²) in [6, 6.07) is 1.06. The Kier molecular flexibility index (Phi) is 14.4. The summed E-state index contributed by atoms with van der Waals surface area (Å²) in [6.07, 6.45) is -0.296. The molecule has 9 heteroatoms. The van der Waals surface area contributed by atoms with Crippen LogP contribution in [-0.4, -0.2) is 55.3 Å². The van der Waals surface area contributed by atoms with Crippen LogP contribution >= 0.6 is 25.6 Å². The molecule has 0 bridgehead atoms. The van der Waals surface area contributed by atoms with E-state index in [9.17, 15) is 13.3 Å². The van der Waals surface area contributed by atoms with Crippen LogP contribution in [0, 0.1) is 0 Å². The Labute approximate surface area is 152 Å². The van der Waals surface area contributed by atoms with Gasteiger partial charge >= 0.3 is 7.68 Å². The predicted molar refractivity (Wildman–Crippen MR) is 105 cm³/mol. The Hall–Kier alpha value is 0.620. The Balaban J connectivity index is 0. The first-order valence-corrected chi connectivity index (χ1v) is 13.9. The van der Waals surface area contributed by atoms with Crippen LogP contribution < -0.4 is 0 Å². The van der Waals surface area contributed by atoms with E-state index in [4.69, 9.17) is 4.52 Å². The summed E-state index contributed by atoms with van der Waals surface area (Å²) >= 11 is 1.46. The number of nitrogens with zero attached hydrogens (tertiary/aromatic N) is 1. The molecule has 0 radical (unpaired) electrons. The van der Waals surface area contributed by atoms with Crippen molar-refractivity contribution < 1.29 is 22.4 Å². The smallest absolute Gasteiger partial charge is 0.322 e. The van der Waals surface area contributed by atoms with Crippen molar-refractivity contribution in [1.29, 1.82) is 0 Å². The normalized spacial score (nSPS) is 16.9. The maximum atomic E-state index is 12.0. The van der Waals surface area contributed by atoms with Crippen molar-refractivity contribution in [2.75, 3.05) is 32.2 Å². The maximum absolute atomic E-state index is 12.0. The second-order valence-electron chi connectivity index (χ2n) is 6.35. The van der Waals surface area contributed by atoms with Crippen LogP contribution in [0.1, 0.15) is 48.5 Å². The summed E-state index contributed by atoms with van der Waals surface area (Å²) in [5, 5.41) is 0. The van der Waals surface area contributed by atoms with Gasteiger partial charge in [0, 0.05) is 37.7 Å². The molecule has 148 valence electrons. The Morgan fingerprint density at radius 3 is 1.75 bits per heavy atom. The summed E-state index contributed by atoms with van der Waals surface area (Å²) in [5.41, 5.74) is 0. The van der Waals surface area contributed by atoms with E-state index in [2.05, 4.69) is 37.1 Å². The van der Waals surface area contributed by atoms with Crippen molar-refractivity contribution in [2.24, 2.45) is 0 Å². The molecule has 2 unspecified atom stereocenters. The molecule has 0 spiro atoms. The van der Waals surface area contributed by atoms with Gasteiger partial charge in [-0.1, -0.05) is 11.4 Å². The lowest BCUT2D eigenvalue weighted by Crippen LogP contribution is -2.38. The van der Waals surface area contributed by atoms with Gasteiger partial charge in [-0.05, 0) is 48.5 Å². The minimum atomic E-state index is -3.72. The third-order valence-electron chi connectivity index (χ3n) is 2.76. The Morgan fingerprint density at radius 1 is 1.04 bits per heavy atom. The summed E-state index contributed by atoms with van der Waals surface area (Å²) in [6.45, 7) is 15.6.